The molecule has 0 saturated carbocycles. The van der Waals surface area contributed by atoms with E-state index in [0.29, 0.717) is 13.0 Å². The van der Waals surface area contributed by atoms with Crippen LogP contribution >= 0.6 is 7.82 Å². The van der Waals surface area contributed by atoms with Crippen molar-refractivity contribution in [3.63, 3.8) is 0 Å². The Morgan fingerprint density at radius 3 is 1.38 bits per heavy atom. The van der Waals surface area contributed by atoms with Crippen LogP contribution in [0.3, 0.4) is 0 Å². The van der Waals surface area contributed by atoms with Gasteiger partial charge in [0.25, 0.3) is 0 Å². The predicted molar refractivity (Wildman–Crippen MR) is 261 cm³/mol. The van der Waals surface area contributed by atoms with Crippen LogP contribution < -0.4 is 5.73 Å². The van der Waals surface area contributed by atoms with E-state index in [1.165, 1.54) is 109 Å². The standard InChI is InChI=1S/C52H94NO7P/c1-3-5-7-9-11-13-15-17-19-21-22-23-24-25-26-27-28-29-30-32-34-36-38-40-42-44-47-57-49-51(50-59-61(55,56)58-48-46-53)60-52(54)45-43-41-39-37-35-33-31-20-18-16-14-12-10-8-6-4-2/h5,7,11,13,17,19,22-23,25-26,28-29,51H,3-4,6,8-10,12,14-16,18,20-21,24,27,30-50,53H2,1-2H3,(H,55,56)/b7-5-,13-11-,19-17-,23-22-,26-25-,29-28-. The molecule has 2 unspecified atom stereocenters. The van der Waals surface area contributed by atoms with Gasteiger partial charge in [0.05, 0.1) is 19.8 Å². The lowest BCUT2D eigenvalue weighted by molar-refractivity contribution is -0.154. The Kier molecular flexibility index (Phi) is 47.3. The van der Waals surface area contributed by atoms with Crippen LogP contribution in [0, 0.1) is 0 Å². The number of hydrogen-bond acceptors (Lipinski definition) is 7. The lowest BCUT2D eigenvalue weighted by Crippen LogP contribution is -2.28. The van der Waals surface area contributed by atoms with Crippen LogP contribution in [-0.2, 0) is 27.9 Å². The summed E-state index contributed by atoms with van der Waals surface area (Å²) >= 11 is 0. The number of phosphoric acid groups is 1. The zero-order valence-electron chi connectivity index (χ0n) is 39.4. The number of nitrogens with two attached hydrogens (primary N) is 1. The van der Waals surface area contributed by atoms with Gasteiger partial charge in [-0.05, 0) is 64.2 Å². The molecule has 0 fully saturated rings. The molecule has 354 valence electrons. The van der Waals surface area contributed by atoms with Gasteiger partial charge in [-0.2, -0.15) is 0 Å². The Morgan fingerprint density at radius 1 is 0.508 bits per heavy atom. The predicted octanol–water partition coefficient (Wildman–Crippen LogP) is 15.5. The molecule has 0 bridgehead atoms. The SMILES string of the molecule is CC/C=C\C/C=C\C/C=C\C/C=C\C/C=C\C/C=C\CCCCCCCCCOCC(COP(=O)(O)OCCN)OC(=O)CCCCCCCCCCCCCCCCCC. The highest BCUT2D eigenvalue weighted by Gasteiger charge is 2.25. The third kappa shape index (κ3) is 48.8. The number of carbonyl (C=O) groups is 1. The topological polar surface area (TPSA) is 117 Å². The first-order valence-corrected chi connectivity index (χ1v) is 26.4. The zero-order chi connectivity index (χ0) is 44.4. The van der Waals surface area contributed by atoms with E-state index in [1.54, 1.807) is 0 Å². The van der Waals surface area contributed by atoms with Crippen LogP contribution in [-0.4, -0.2) is 49.9 Å². The fourth-order valence-electron chi connectivity index (χ4n) is 6.77. The number of ether oxygens (including phenoxy) is 2. The summed E-state index contributed by atoms with van der Waals surface area (Å²) in [7, 11) is -4.29. The quantitative estimate of drug-likeness (QED) is 0.0269. The second-order valence-corrected chi connectivity index (χ2v) is 17.8. The van der Waals surface area contributed by atoms with Gasteiger partial charge in [-0.15, -0.1) is 0 Å². The smallest absolute Gasteiger partial charge is 0.457 e. The summed E-state index contributed by atoms with van der Waals surface area (Å²) in [6.07, 6.45) is 62.1. The van der Waals surface area contributed by atoms with E-state index in [1.807, 2.05) is 0 Å². The Morgan fingerprint density at radius 2 is 0.918 bits per heavy atom. The number of esters is 1. The molecule has 0 aliphatic heterocycles. The van der Waals surface area contributed by atoms with Crippen LogP contribution in [0.4, 0.5) is 0 Å². The van der Waals surface area contributed by atoms with E-state index >= 15 is 0 Å². The minimum atomic E-state index is -4.29. The molecular weight excluding hydrogens is 782 g/mol. The first-order chi connectivity index (χ1) is 29.9. The number of carbonyl (C=O) groups excluding carboxylic acids is 1. The van der Waals surface area contributed by atoms with E-state index in [-0.39, 0.29) is 32.3 Å². The summed E-state index contributed by atoms with van der Waals surface area (Å²) in [6.45, 7) is 4.79. The fraction of sp³-hybridized carbons (Fsp3) is 0.750. The van der Waals surface area contributed by atoms with Crippen molar-refractivity contribution >= 4 is 13.8 Å². The molecule has 0 saturated heterocycles. The van der Waals surface area contributed by atoms with Gasteiger partial charge in [-0.25, -0.2) is 4.57 Å². The van der Waals surface area contributed by atoms with Gasteiger partial charge >= 0.3 is 13.8 Å². The second kappa shape index (κ2) is 49.0. The maximum atomic E-state index is 12.6. The summed E-state index contributed by atoms with van der Waals surface area (Å²) < 4.78 is 33.5. The molecule has 0 aromatic heterocycles. The molecule has 0 aliphatic rings. The van der Waals surface area contributed by atoms with Gasteiger partial charge in [0.15, 0.2) is 0 Å². The number of unbranched alkanes of at least 4 members (excludes halogenated alkanes) is 22. The summed E-state index contributed by atoms with van der Waals surface area (Å²) in [5.41, 5.74) is 5.38. The van der Waals surface area contributed by atoms with E-state index in [2.05, 4.69) is 86.8 Å². The number of phosphoric ester groups is 1. The third-order valence-electron chi connectivity index (χ3n) is 10.4. The van der Waals surface area contributed by atoms with Crippen molar-refractivity contribution in [3.05, 3.63) is 72.9 Å². The molecule has 3 N–H and O–H groups in total. The van der Waals surface area contributed by atoms with Crippen LogP contribution in [0.2, 0.25) is 0 Å². The van der Waals surface area contributed by atoms with Gasteiger partial charge in [0.1, 0.15) is 6.10 Å². The van der Waals surface area contributed by atoms with Crippen LogP contribution in [0.1, 0.15) is 213 Å². The molecule has 0 radical (unpaired) electrons. The Labute approximate surface area is 376 Å². The average Bonchev–Trinajstić information content (AvgIpc) is 3.25. The lowest BCUT2D eigenvalue weighted by atomic mass is 10.0. The van der Waals surface area contributed by atoms with Gasteiger partial charge in [-0.1, -0.05) is 215 Å². The molecule has 2 atom stereocenters. The molecule has 61 heavy (non-hydrogen) atoms. The van der Waals surface area contributed by atoms with Gasteiger partial charge in [-0.3, -0.25) is 13.8 Å². The summed E-state index contributed by atoms with van der Waals surface area (Å²) in [5.74, 6) is -0.334. The van der Waals surface area contributed by atoms with Gasteiger partial charge in [0.2, 0.25) is 0 Å². The Balaban J connectivity index is 3.98. The average molecular weight is 876 g/mol. The highest BCUT2D eigenvalue weighted by Crippen LogP contribution is 2.43. The highest BCUT2D eigenvalue weighted by atomic mass is 31.2. The lowest BCUT2D eigenvalue weighted by Gasteiger charge is -2.20. The molecule has 0 spiro atoms. The molecule has 0 heterocycles. The van der Waals surface area contributed by atoms with Crippen molar-refractivity contribution < 1.29 is 32.8 Å². The van der Waals surface area contributed by atoms with E-state index in [9.17, 15) is 14.3 Å². The molecule has 0 rings (SSSR count). The van der Waals surface area contributed by atoms with E-state index < -0.39 is 13.9 Å². The fourth-order valence-corrected chi connectivity index (χ4v) is 7.53. The summed E-state index contributed by atoms with van der Waals surface area (Å²) in [6, 6.07) is 0. The maximum Gasteiger partial charge on any atom is 0.472 e. The number of allylic oxidation sites excluding steroid dienone is 12. The van der Waals surface area contributed by atoms with Crippen molar-refractivity contribution in [2.24, 2.45) is 5.73 Å². The Hall–Kier alpha value is -2.06. The maximum absolute atomic E-state index is 12.6. The molecule has 0 amide bonds. The van der Waals surface area contributed by atoms with Gasteiger partial charge < -0.3 is 20.1 Å². The van der Waals surface area contributed by atoms with E-state index in [4.69, 9.17) is 24.3 Å². The first kappa shape index (κ1) is 58.9. The molecular formula is C52H94NO7P. The normalized spacial score (nSPS) is 14.0. The zero-order valence-corrected chi connectivity index (χ0v) is 40.3. The van der Waals surface area contributed by atoms with Crippen LogP contribution in [0.5, 0.6) is 0 Å². The van der Waals surface area contributed by atoms with Crippen molar-refractivity contribution in [1.29, 1.82) is 0 Å². The van der Waals surface area contributed by atoms with E-state index in [0.717, 1.165) is 83.5 Å². The minimum absolute atomic E-state index is 0.0963. The largest absolute Gasteiger partial charge is 0.472 e. The molecule has 9 heteroatoms. The number of rotatable bonds is 47. The van der Waals surface area contributed by atoms with Crippen molar-refractivity contribution in [3.8, 4) is 0 Å². The van der Waals surface area contributed by atoms with Crippen LogP contribution in [0.25, 0.3) is 0 Å². The van der Waals surface area contributed by atoms with Crippen molar-refractivity contribution in [1.82, 2.24) is 0 Å². The number of hydrogen-bond donors (Lipinski definition) is 2. The molecule has 0 aromatic rings. The molecule has 0 aromatic carbocycles. The minimum Gasteiger partial charge on any atom is -0.457 e. The highest BCUT2D eigenvalue weighted by molar-refractivity contribution is 7.47. The van der Waals surface area contributed by atoms with Crippen LogP contribution in [0.15, 0.2) is 72.9 Å². The van der Waals surface area contributed by atoms with Crippen molar-refractivity contribution in [2.75, 3.05) is 33.0 Å². The third-order valence-corrected chi connectivity index (χ3v) is 11.4. The summed E-state index contributed by atoms with van der Waals surface area (Å²) in [5, 5.41) is 0. The molecule has 8 nitrogen and oxygen atoms in total. The summed E-state index contributed by atoms with van der Waals surface area (Å²) in [4.78, 5) is 22.6. The van der Waals surface area contributed by atoms with Crippen molar-refractivity contribution in [2.45, 2.75) is 219 Å². The monoisotopic (exact) mass is 876 g/mol. The molecule has 0 aliphatic carbocycles. The van der Waals surface area contributed by atoms with Gasteiger partial charge in [0, 0.05) is 19.6 Å². The first-order valence-electron chi connectivity index (χ1n) is 24.9. The second-order valence-electron chi connectivity index (χ2n) is 16.3. The Bertz CT molecular complexity index is 1160.